The zero-order chi connectivity index (χ0) is 10.6. The molecule has 14 heavy (non-hydrogen) atoms. The predicted octanol–water partition coefficient (Wildman–Crippen LogP) is 2.29. The van der Waals surface area contributed by atoms with Crippen LogP contribution in [0.15, 0.2) is 0 Å². The normalized spacial score (nSPS) is 33.6. The fourth-order valence-electron chi connectivity index (χ4n) is 2.95. The molecule has 0 aromatic heterocycles. The van der Waals surface area contributed by atoms with Crippen LogP contribution in [0.5, 0.6) is 0 Å². The second-order valence-electron chi connectivity index (χ2n) is 4.95. The van der Waals surface area contributed by atoms with Gasteiger partial charge in [-0.25, -0.2) is 0 Å². The summed E-state index contributed by atoms with van der Waals surface area (Å²) < 4.78 is 5.43. The van der Waals surface area contributed by atoms with E-state index in [4.69, 9.17) is 4.74 Å². The van der Waals surface area contributed by atoms with Crippen LogP contribution < -0.4 is 5.32 Å². The molecular formula is C12H25NO. The minimum atomic E-state index is 0.425. The summed E-state index contributed by atoms with van der Waals surface area (Å²) in [5.41, 5.74) is 0.425. The lowest BCUT2D eigenvalue weighted by molar-refractivity contribution is -0.0132. The van der Waals surface area contributed by atoms with Gasteiger partial charge in [-0.05, 0) is 43.2 Å². The Bertz CT molecular complexity index is 166. The second-order valence-corrected chi connectivity index (χ2v) is 4.95. The van der Waals surface area contributed by atoms with Crippen molar-refractivity contribution in [2.75, 3.05) is 26.8 Å². The van der Waals surface area contributed by atoms with Crippen LogP contribution >= 0.6 is 0 Å². The fraction of sp³-hybridized carbons (Fsp3) is 1.00. The lowest BCUT2D eigenvalue weighted by Crippen LogP contribution is -2.49. The first kappa shape index (κ1) is 12.0. The SMILES string of the molecule is CCC1(COC)CCNCC1C(C)C. The summed E-state index contributed by atoms with van der Waals surface area (Å²) in [4.78, 5) is 0. The maximum Gasteiger partial charge on any atom is 0.0522 e. The summed E-state index contributed by atoms with van der Waals surface area (Å²) in [5, 5.41) is 3.51. The van der Waals surface area contributed by atoms with Crippen LogP contribution in [-0.2, 0) is 4.74 Å². The van der Waals surface area contributed by atoms with E-state index in [-0.39, 0.29) is 0 Å². The average Bonchev–Trinajstić information content (AvgIpc) is 2.18. The molecule has 0 radical (unpaired) electrons. The van der Waals surface area contributed by atoms with E-state index in [0.717, 1.165) is 31.5 Å². The van der Waals surface area contributed by atoms with Crippen LogP contribution in [0.25, 0.3) is 0 Å². The van der Waals surface area contributed by atoms with E-state index in [9.17, 15) is 0 Å². The Morgan fingerprint density at radius 2 is 2.21 bits per heavy atom. The molecule has 1 heterocycles. The maximum absolute atomic E-state index is 5.43. The van der Waals surface area contributed by atoms with Crippen LogP contribution in [0.3, 0.4) is 0 Å². The molecule has 0 saturated carbocycles. The Hall–Kier alpha value is -0.0800. The maximum atomic E-state index is 5.43. The van der Waals surface area contributed by atoms with Crippen LogP contribution in [0, 0.1) is 17.3 Å². The summed E-state index contributed by atoms with van der Waals surface area (Å²) in [5.74, 6) is 1.51. The molecule has 0 spiro atoms. The van der Waals surface area contributed by atoms with Crippen molar-refractivity contribution in [2.45, 2.75) is 33.6 Å². The van der Waals surface area contributed by atoms with Gasteiger partial charge in [-0.2, -0.15) is 0 Å². The summed E-state index contributed by atoms with van der Waals surface area (Å²) in [6.45, 7) is 10.2. The molecule has 2 heteroatoms. The van der Waals surface area contributed by atoms with Crippen LogP contribution in [0.4, 0.5) is 0 Å². The van der Waals surface area contributed by atoms with Crippen molar-refractivity contribution in [3.05, 3.63) is 0 Å². The largest absolute Gasteiger partial charge is 0.384 e. The summed E-state index contributed by atoms with van der Waals surface area (Å²) in [7, 11) is 1.83. The number of methoxy groups -OCH3 is 1. The highest BCUT2D eigenvalue weighted by atomic mass is 16.5. The van der Waals surface area contributed by atoms with Gasteiger partial charge in [0.25, 0.3) is 0 Å². The van der Waals surface area contributed by atoms with E-state index in [2.05, 4.69) is 26.1 Å². The van der Waals surface area contributed by atoms with Gasteiger partial charge in [-0.15, -0.1) is 0 Å². The molecule has 1 fully saturated rings. The Labute approximate surface area is 88.4 Å². The van der Waals surface area contributed by atoms with Crippen molar-refractivity contribution >= 4 is 0 Å². The zero-order valence-corrected chi connectivity index (χ0v) is 10.1. The highest BCUT2D eigenvalue weighted by Gasteiger charge is 2.40. The average molecular weight is 199 g/mol. The van der Waals surface area contributed by atoms with Crippen molar-refractivity contribution in [2.24, 2.45) is 17.3 Å². The molecule has 0 aliphatic carbocycles. The van der Waals surface area contributed by atoms with Gasteiger partial charge in [0, 0.05) is 7.11 Å². The Balaban J connectivity index is 2.75. The number of nitrogens with one attached hydrogen (secondary N) is 1. The molecule has 1 aliphatic heterocycles. The summed E-state index contributed by atoms with van der Waals surface area (Å²) >= 11 is 0. The van der Waals surface area contributed by atoms with Gasteiger partial charge < -0.3 is 10.1 Å². The summed E-state index contributed by atoms with van der Waals surface area (Å²) in [6, 6.07) is 0. The van der Waals surface area contributed by atoms with Crippen LogP contribution in [-0.4, -0.2) is 26.8 Å². The zero-order valence-electron chi connectivity index (χ0n) is 10.1. The lowest BCUT2D eigenvalue weighted by Gasteiger charge is -2.45. The highest BCUT2D eigenvalue weighted by Crippen LogP contribution is 2.41. The minimum absolute atomic E-state index is 0.425. The first-order valence-electron chi connectivity index (χ1n) is 5.86. The first-order chi connectivity index (χ1) is 6.66. The molecule has 1 rings (SSSR count). The molecule has 2 nitrogen and oxygen atoms in total. The molecule has 84 valence electrons. The van der Waals surface area contributed by atoms with Gasteiger partial charge >= 0.3 is 0 Å². The van der Waals surface area contributed by atoms with Gasteiger partial charge in [-0.3, -0.25) is 0 Å². The topological polar surface area (TPSA) is 21.3 Å². The molecule has 0 bridgehead atoms. The molecule has 1 aliphatic rings. The fourth-order valence-corrected chi connectivity index (χ4v) is 2.95. The van der Waals surface area contributed by atoms with Crippen molar-refractivity contribution in [1.29, 1.82) is 0 Å². The summed E-state index contributed by atoms with van der Waals surface area (Å²) in [6.07, 6.45) is 2.51. The van der Waals surface area contributed by atoms with Gasteiger partial charge in [0.2, 0.25) is 0 Å². The lowest BCUT2D eigenvalue weighted by atomic mass is 9.65. The van der Waals surface area contributed by atoms with Gasteiger partial charge in [0.1, 0.15) is 0 Å². The molecule has 1 N–H and O–H groups in total. The van der Waals surface area contributed by atoms with E-state index in [1.54, 1.807) is 0 Å². The number of piperidine rings is 1. The molecule has 2 unspecified atom stereocenters. The van der Waals surface area contributed by atoms with Crippen molar-refractivity contribution in [3.63, 3.8) is 0 Å². The second kappa shape index (κ2) is 5.13. The monoisotopic (exact) mass is 199 g/mol. The number of hydrogen-bond acceptors (Lipinski definition) is 2. The van der Waals surface area contributed by atoms with E-state index >= 15 is 0 Å². The standard InChI is InChI=1S/C12H25NO/c1-5-12(9-14-4)6-7-13-8-11(12)10(2)3/h10-11,13H,5-9H2,1-4H3. The highest BCUT2D eigenvalue weighted by molar-refractivity contribution is 4.92. The van der Waals surface area contributed by atoms with Crippen molar-refractivity contribution in [1.82, 2.24) is 5.32 Å². The van der Waals surface area contributed by atoms with Gasteiger partial charge in [0.15, 0.2) is 0 Å². The van der Waals surface area contributed by atoms with Gasteiger partial charge in [0.05, 0.1) is 6.61 Å². The Morgan fingerprint density at radius 3 is 2.71 bits per heavy atom. The predicted molar refractivity (Wildman–Crippen MR) is 60.4 cm³/mol. The van der Waals surface area contributed by atoms with Crippen LogP contribution in [0.1, 0.15) is 33.6 Å². The Kier molecular flexibility index (Phi) is 4.39. The number of ether oxygens (including phenoxy) is 1. The third-order valence-electron chi connectivity index (χ3n) is 3.89. The van der Waals surface area contributed by atoms with E-state index in [1.165, 1.54) is 12.8 Å². The van der Waals surface area contributed by atoms with E-state index in [1.807, 2.05) is 7.11 Å². The minimum Gasteiger partial charge on any atom is -0.384 e. The van der Waals surface area contributed by atoms with Crippen molar-refractivity contribution < 1.29 is 4.74 Å². The third-order valence-corrected chi connectivity index (χ3v) is 3.89. The number of rotatable bonds is 4. The molecule has 2 atom stereocenters. The molecule has 0 amide bonds. The van der Waals surface area contributed by atoms with Crippen LogP contribution in [0.2, 0.25) is 0 Å². The molecule has 1 saturated heterocycles. The Morgan fingerprint density at radius 1 is 1.50 bits per heavy atom. The quantitative estimate of drug-likeness (QED) is 0.750. The number of hydrogen-bond donors (Lipinski definition) is 1. The van der Waals surface area contributed by atoms with E-state index in [0.29, 0.717) is 5.41 Å². The van der Waals surface area contributed by atoms with E-state index < -0.39 is 0 Å². The first-order valence-corrected chi connectivity index (χ1v) is 5.86. The molecule has 0 aromatic carbocycles. The molecular weight excluding hydrogens is 174 g/mol. The van der Waals surface area contributed by atoms with Crippen molar-refractivity contribution in [3.8, 4) is 0 Å². The smallest absolute Gasteiger partial charge is 0.0522 e. The van der Waals surface area contributed by atoms with Gasteiger partial charge in [-0.1, -0.05) is 20.8 Å². The molecule has 0 aromatic rings. The third kappa shape index (κ3) is 2.29.